The van der Waals surface area contributed by atoms with Crippen LogP contribution < -0.4 is 10.1 Å². The quantitative estimate of drug-likeness (QED) is 0.473. The lowest BCUT2D eigenvalue weighted by molar-refractivity contribution is -0.143. The van der Waals surface area contributed by atoms with Crippen molar-refractivity contribution in [2.45, 2.75) is 52.6 Å². The van der Waals surface area contributed by atoms with Gasteiger partial charge in [0.05, 0.1) is 0 Å². The molecular formula is C24H31BrN2O3. The standard InChI is InChI=1S/C24H31BrN2O3/c1-4-6-15-26-24(29)22(5-2)27(16-19-10-8-7-9-18(19)3)23(28)17-30-21-13-11-20(25)12-14-21/h7-14,22H,4-6,15-17H2,1-3H3,(H,26,29). The van der Waals surface area contributed by atoms with Gasteiger partial charge in [-0.2, -0.15) is 0 Å². The first-order chi connectivity index (χ1) is 14.5. The lowest BCUT2D eigenvalue weighted by atomic mass is 10.1. The Morgan fingerprint density at radius 3 is 2.43 bits per heavy atom. The smallest absolute Gasteiger partial charge is 0.261 e. The molecule has 30 heavy (non-hydrogen) atoms. The summed E-state index contributed by atoms with van der Waals surface area (Å²) in [5.74, 6) is 0.290. The Kier molecular flexibility index (Phi) is 9.87. The molecular weight excluding hydrogens is 444 g/mol. The molecule has 0 aliphatic rings. The van der Waals surface area contributed by atoms with Crippen molar-refractivity contribution in [2.75, 3.05) is 13.2 Å². The van der Waals surface area contributed by atoms with E-state index in [0.717, 1.165) is 28.4 Å². The molecule has 0 aromatic heterocycles. The fourth-order valence-corrected chi connectivity index (χ4v) is 3.42. The second-order valence-corrected chi connectivity index (χ2v) is 8.18. The number of aryl methyl sites for hydroxylation is 1. The van der Waals surface area contributed by atoms with Crippen LogP contribution in [0.4, 0.5) is 0 Å². The first-order valence-electron chi connectivity index (χ1n) is 10.5. The summed E-state index contributed by atoms with van der Waals surface area (Å²) in [5.41, 5.74) is 2.11. The van der Waals surface area contributed by atoms with E-state index in [4.69, 9.17) is 4.74 Å². The molecule has 6 heteroatoms. The monoisotopic (exact) mass is 474 g/mol. The van der Waals surface area contributed by atoms with Crippen LogP contribution in [0.15, 0.2) is 53.0 Å². The minimum atomic E-state index is -0.539. The van der Waals surface area contributed by atoms with Gasteiger partial charge in [-0.05, 0) is 55.2 Å². The Bertz CT molecular complexity index is 823. The third-order valence-corrected chi connectivity index (χ3v) is 5.52. The van der Waals surface area contributed by atoms with Gasteiger partial charge in [0.2, 0.25) is 5.91 Å². The maximum atomic E-state index is 13.1. The Balaban J connectivity index is 2.17. The highest BCUT2D eigenvalue weighted by Crippen LogP contribution is 2.18. The van der Waals surface area contributed by atoms with Crippen LogP contribution in [-0.4, -0.2) is 35.9 Å². The van der Waals surface area contributed by atoms with Crippen LogP contribution in [0.2, 0.25) is 0 Å². The van der Waals surface area contributed by atoms with Crippen molar-refractivity contribution in [3.8, 4) is 5.75 Å². The molecule has 0 radical (unpaired) electrons. The molecule has 1 N–H and O–H groups in total. The van der Waals surface area contributed by atoms with E-state index in [1.807, 2.05) is 50.2 Å². The van der Waals surface area contributed by atoms with E-state index in [0.29, 0.717) is 25.3 Å². The number of hydrogen-bond donors (Lipinski definition) is 1. The average molecular weight is 475 g/mol. The fourth-order valence-electron chi connectivity index (χ4n) is 3.16. The average Bonchev–Trinajstić information content (AvgIpc) is 2.74. The minimum Gasteiger partial charge on any atom is -0.484 e. The van der Waals surface area contributed by atoms with Crippen molar-refractivity contribution in [3.05, 3.63) is 64.1 Å². The highest BCUT2D eigenvalue weighted by molar-refractivity contribution is 9.10. The van der Waals surface area contributed by atoms with Gasteiger partial charge in [0, 0.05) is 17.6 Å². The van der Waals surface area contributed by atoms with E-state index in [1.54, 1.807) is 17.0 Å². The minimum absolute atomic E-state index is 0.114. The second-order valence-electron chi connectivity index (χ2n) is 7.26. The molecule has 2 aromatic rings. The molecule has 0 aliphatic heterocycles. The molecule has 1 unspecified atom stereocenters. The third kappa shape index (κ3) is 7.17. The number of ether oxygens (including phenoxy) is 1. The summed E-state index contributed by atoms with van der Waals surface area (Å²) in [5, 5.41) is 2.97. The Morgan fingerprint density at radius 2 is 1.80 bits per heavy atom. The van der Waals surface area contributed by atoms with Crippen molar-refractivity contribution in [1.29, 1.82) is 0 Å². The van der Waals surface area contributed by atoms with Crippen molar-refractivity contribution in [2.24, 2.45) is 0 Å². The Labute approximate surface area is 187 Å². The van der Waals surface area contributed by atoms with E-state index in [-0.39, 0.29) is 18.4 Å². The van der Waals surface area contributed by atoms with Crippen molar-refractivity contribution in [1.82, 2.24) is 10.2 Å². The summed E-state index contributed by atoms with van der Waals surface area (Å²) >= 11 is 3.39. The van der Waals surface area contributed by atoms with Crippen LogP contribution in [0.1, 0.15) is 44.2 Å². The number of unbranched alkanes of at least 4 members (excludes halogenated alkanes) is 1. The van der Waals surface area contributed by atoms with Crippen molar-refractivity contribution < 1.29 is 14.3 Å². The van der Waals surface area contributed by atoms with Crippen LogP contribution in [-0.2, 0) is 16.1 Å². The summed E-state index contributed by atoms with van der Waals surface area (Å²) in [6.45, 7) is 6.89. The molecule has 0 spiro atoms. The number of rotatable bonds is 11. The highest BCUT2D eigenvalue weighted by atomic mass is 79.9. The Morgan fingerprint density at radius 1 is 1.10 bits per heavy atom. The van der Waals surface area contributed by atoms with Gasteiger partial charge in [-0.15, -0.1) is 0 Å². The summed E-state index contributed by atoms with van der Waals surface area (Å²) < 4.78 is 6.64. The molecule has 5 nitrogen and oxygen atoms in total. The number of halogens is 1. The van der Waals surface area contributed by atoms with Gasteiger partial charge in [-0.1, -0.05) is 60.5 Å². The fraction of sp³-hybridized carbons (Fsp3) is 0.417. The molecule has 2 aromatic carbocycles. The number of nitrogens with one attached hydrogen (secondary N) is 1. The molecule has 0 heterocycles. The summed E-state index contributed by atoms with van der Waals surface area (Å²) in [6.07, 6.45) is 2.46. The predicted molar refractivity (Wildman–Crippen MR) is 123 cm³/mol. The van der Waals surface area contributed by atoms with Gasteiger partial charge < -0.3 is 15.0 Å². The van der Waals surface area contributed by atoms with E-state index < -0.39 is 6.04 Å². The Hall–Kier alpha value is -2.34. The van der Waals surface area contributed by atoms with Crippen LogP contribution in [0.3, 0.4) is 0 Å². The predicted octanol–water partition coefficient (Wildman–Crippen LogP) is 4.86. The summed E-state index contributed by atoms with van der Waals surface area (Å²) in [4.78, 5) is 27.6. The van der Waals surface area contributed by atoms with E-state index in [9.17, 15) is 9.59 Å². The van der Waals surface area contributed by atoms with E-state index in [1.165, 1.54) is 0 Å². The van der Waals surface area contributed by atoms with Gasteiger partial charge in [-0.3, -0.25) is 9.59 Å². The number of benzene rings is 2. The zero-order valence-corrected chi connectivity index (χ0v) is 19.6. The topological polar surface area (TPSA) is 58.6 Å². The molecule has 2 rings (SSSR count). The third-order valence-electron chi connectivity index (χ3n) is 4.99. The summed E-state index contributed by atoms with van der Waals surface area (Å²) in [6, 6.07) is 14.7. The van der Waals surface area contributed by atoms with Gasteiger partial charge in [0.25, 0.3) is 5.91 Å². The van der Waals surface area contributed by atoms with E-state index in [2.05, 4.69) is 28.2 Å². The van der Waals surface area contributed by atoms with Gasteiger partial charge in [-0.25, -0.2) is 0 Å². The number of carbonyl (C=O) groups is 2. The molecule has 2 amide bonds. The largest absolute Gasteiger partial charge is 0.484 e. The van der Waals surface area contributed by atoms with Gasteiger partial charge in [0.15, 0.2) is 6.61 Å². The van der Waals surface area contributed by atoms with Crippen LogP contribution in [0.25, 0.3) is 0 Å². The molecule has 0 aliphatic carbocycles. The number of carbonyl (C=O) groups excluding carboxylic acids is 2. The lowest BCUT2D eigenvalue weighted by Gasteiger charge is -2.31. The summed E-state index contributed by atoms with van der Waals surface area (Å²) in [7, 11) is 0. The molecule has 0 saturated heterocycles. The van der Waals surface area contributed by atoms with Gasteiger partial charge >= 0.3 is 0 Å². The second kappa shape index (κ2) is 12.4. The highest BCUT2D eigenvalue weighted by Gasteiger charge is 2.29. The molecule has 0 bridgehead atoms. The number of amides is 2. The van der Waals surface area contributed by atoms with E-state index >= 15 is 0 Å². The normalized spacial score (nSPS) is 11.6. The molecule has 0 fully saturated rings. The molecule has 1 atom stereocenters. The van der Waals surface area contributed by atoms with Crippen molar-refractivity contribution in [3.63, 3.8) is 0 Å². The maximum Gasteiger partial charge on any atom is 0.261 e. The SMILES string of the molecule is CCCCNC(=O)C(CC)N(Cc1ccccc1C)C(=O)COc1ccc(Br)cc1. The lowest BCUT2D eigenvalue weighted by Crippen LogP contribution is -2.50. The maximum absolute atomic E-state index is 13.1. The van der Waals surface area contributed by atoms with Crippen LogP contribution >= 0.6 is 15.9 Å². The first kappa shape index (κ1) is 23.9. The van der Waals surface area contributed by atoms with Gasteiger partial charge in [0.1, 0.15) is 11.8 Å². The zero-order chi connectivity index (χ0) is 21.9. The molecule has 162 valence electrons. The number of nitrogens with zero attached hydrogens (tertiary/aromatic N) is 1. The van der Waals surface area contributed by atoms with Crippen LogP contribution in [0.5, 0.6) is 5.75 Å². The number of hydrogen-bond acceptors (Lipinski definition) is 3. The molecule has 0 saturated carbocycles. The first-order valence-corrected chi connectivity index (χ1v) is 11.3. The zero-order valence-electron chi connectivity index (χ0n) is 18.0. The van der Waals surface area contributed by atoms with Crippen molar-refractivity contribution >= 4 is 27.7 Å². The van der Waals surface area contributed by atoms with Crippen LogP contribution in [0, 0.1) is 6.92 Å².